The molecule has 0 spiro atoms. The predicted molar refractivity (Wildman–Crippen MR) is 67.6 cm³/mol. The minimum absolute atomic E-state index is 0.0815. The summed E-state index contributed by atoms with van der Waals surface area (Å²) in [4.78, 5) is 23.8. The molecule has 0 aliphatic carbocycles. The van der Waals surface area contributed by atoms with Crippen LogP contribution in [0.15, 0.2) is 12.1 Å². The molecule has 0 radical (unpaired) electrons. The topological polar surface area (TPSA) is 80.4 Å². The molecule has 0 aromatic carbocycles. The Morgan fingerprint density at radius 1 is 1.56 bits per heavy atom. The summed E-state index contributed by atoms with van der Waals surface area (Å²) in [6, 6.07) is 2.82. The lowest BCUT2D eigenvalue weighted by molar-refractivity contribution is -0.391. The number of aromatic nitrogens is 1. The van der Waals surface area contributed by atoms with Crippen LogP contribution in [0, 0.1) is 10.1 Å². The molecule has 0 aliphatic rings. The van der Waals surface area contributed by atoms with Crippen molar-refractivity contribution in [3.63, 3.8) is 0 Å². The summed E-state index contributed by atoms with van der Waals surface area (Å²) in [5.74, 6) is -0.288. The maximum Gasteiger partial charge on any atom is 0.323 e. The van der Waals surface area contributed by atoms with E-state index < -0.39 is 4.92 Å². The summed E-state index contributed by atoms with van der Waals surface area (Å²) in [6.45, 7) is 1.43. The van der Waals surface area contributed by atoms with Crippen molar-refractivity contribution >= 4 is 11.7 Å². The summed E-state index contributed by atoms with van der Waals surface area (Å²) in [6.07, 6.45) is 0.839. The predicted octanol–water partition coefficient (Wildman–Crippen LogP) is 0.615. The molecule has 1 amide bonds. The fraction of sp³-hybridized carbons (Fsp3) is 0.545. The molecule has 100 valence electrons. The van der Waals surface area contributed by atoms with Crippen LogP contribution in [0.4, 0.5) is 5.82 Å². The van der Waals surface area contributed by atoms with Crippen molar-refractivity contribution in [2.75, 3.05) is 27.2 Å². The molecule has 1 heterocycles. The highest BCUT2D eigenvalue weighted by atomic mass is 16.6. The third-order valence-corrected chi connectivity index (χ3v) is 2.77. The smallest absolute Gasteiger partial charge is 0.323 e. The first-order chi connectivity index (χ1) is 8.49. The van der Waals surface area contributed by atoms with Crippen LogP contribution in [0.5, 0.6) is 0 Å². The maximum atomic E-state index is 12.1. The number of hydrogen-bond acceptors (Lipinski definition) is 4. The van der Waals surface area contributed by atoms with Gasteiger partial charge in [0.15, 0.2) is 5.69 Å². The average molecular weight is 254 g/mol. The van der Waals surface area contributed by atoms with E-state index in [1.165, 1.54) is 23.7 Å². The molecule has 1 N–H and O–H groups in total. The lowest BCUT2D eigenvalue weighted by Gasteiger charge is -2.15. The summed E-state index contributed by atoms with van der Waals surface area (Å²) in [5, 5.41) is 13.7. The normalized spacial score (nSPS) is 10.4. The molecule has 0 bridgehead atoms. The van der Waals surface area contributed by atoms with Crippen LogP contribution in [0.1, 0.15) is 16.9 Å². The minimum Gasteiger partial charge on any atom is -0.358 e. The second-order valence-electron chi connectivity index (χ2n) is 4.08. The SMILES string of the molecule is CNCCCN(C)C(=O)c1ccc([N+](=O)[O-])n1C. The summed E-state index contributed by atoms with van der Waals surface area (Å²) in [7, 11) is 5.06. The Bertz CT molecular complexity index is 441. The van der Waals surface area contributed by atoms with Gasteiger partial charge in [0.05, 0.1) is 7.05 Å². The number of carbonyl (C=O) groups is 1. The fourth-order valence-electron chi connectivity index (χ4n) is 1.69. The van der Waals surface area contributed by atoms with Gasteiger partial charge < -0.3 is 20.3 Å². The first-order valence-electron chi connectivity index (χ1n) is 5.69. The van der Waals surface area contributed by atoms with Crippen molar-refractivity contribution in [1.82, 2.24) is 14.8 Å². The number of nitro groups is 1. The Morgan fingerprint density at radius 3 is 2.72 bits per heavy atom. The highest BCUT2D eigenvalue weighted by molar-refractivity contribution is 5.93. The first kappa shape index (κ1) is 14.2. The van der Waals surface area contributed by atoms with E-state index in [2.05, 4.69) is 5.32 Å². The number of rotatable bonds is 6. The van der Waals surface area contributed by atoms with E-state index in [0.717, 1.165) is 13.0 Å². The molecule has 7 nitrogen and oxygen atoms in total. The molecule has 1 rings (SSSR count). The van der Waals surface area contributed by atoms with Gasteiger partial charge in [-0.3, -0.25) is 4.79 Å². The Kier molecular flexibility index (Phi) is 4.85. The molecular formula is C11H18N4O3. The number of amides is 1. The second-order valence-corrected chi connectivity index (χ2v) is 4.08. The fourth-order valence-corrected chi connectivity index (χ4v) is 1.69. The van der Waals surface area contributed by atoms with Crippen LogP contribution in [-0.4, -0.2) is 47.5 Å². The Morgan fingerprint density at radius 2 is 2.22 bits per heavy atom. The van der Waals surface area contributed by atoms with Gasteiger partial charge in [-0.25, -0.2) is 4.57 Å². The molecule has 0 atom stereocenters. The second kappa shape index (κ2) is 6.15. The lowest BCUT2D eigenvalue weighted by Crippen LogP contribution is -2.30. The number of hydrogen-bond donors (Lipinski definition) is 1. The molecule has 1 aromatic rings. The third-order valence-electron chi connectivity index (χ3n) is 2.77. The van der Waals surface area contributed by atoms with Crippen LogP contribution < -0.4 is 5.32 Å². The molecule has 0 saturated heterocycles. The van der Waals surface area contributed by atoms with Crippen LogP contribution in [0.2, 0.25) is 0 Å². The zero-order valence-corrected chi connectivity index (χ0v) is 10.8. The first-order valence-corrected chi connectivity index (χ1v) is 5.69. The Balaban J connectivity index is 2.75. The van der Waals surface area contributed by atoms with Crippen molar-refractivity contribution in [1.29, 1.82) is 0 Å². The van der Waals surface area contributed by atoms with Gasteiger partial charge in [0.2, 0.25) is 0 Å². The summed E-state index contributed by atoms with van der Waals surface area (Å²) < 4.78 is 1.30. The molecule has 7 heteroatoms. The Hall–Kier alpha value is -1.89. The molecule has 1 aromatic heterocycles. The number of nitrogens with one attached hydrogen (secondary N) is 1. The van der Waals surface area contributed by atoms with E-state index in [4.69, 9.17) is 0 Å². The van der Waals surface area contributed by atoms with E-state index >= 15 is 0 Å². The molecule has 0 saturated carbocycles. The number of nitrogens with zero attached hydrogens (tertiary/aromatic N) is 3. The monoisotopic (exact) mass is 254 g/mol. The molecule has 18 heavy (non-hydrogen) atoms. The number of carbonyl (C=O) groups excluding carboxylic acids is 1. The van der Waals surface area contributed by atoms with Gasteiger partial charge in [-0.05, 0) is 31.0 Å². The Labute approximate surface area is 106 Å². The third kappa shape index (κ3) is 3.07. The lowest BCUT2D eigenvalue weighted by atomic mass is 10.3. The van der Waals surface area contributed by atoms with Crippen LogP contribution in [0.3, 0.4) is 0 Å². The summed E-state index contributed by atoms with van der Waals surface area (Å²) in [5.41, 5.74) is 0.327. The van der Waals surface area contributed by atoms with E-state index in [1.54, 1.807) is 11.9 Å². The van der Waals surface area contributed by atoms with Crippen LogP contribution >= 0.6 is 0 Å². The van der Waals surface area contributed by atoms with E-state index in [9.17, 15) is 14.9 Å². The standard InChI is InChI=1S/C11H18N4O3/c1-12-7-4-8-13(2)11(16)9-5-6-10(14(9)3)15(17)18/h5-6,12H,4,7-8H2,1-3H3. The molecular weight excluding hydrogens is 236 g/mol. The van der Waals surface area contributed by atoms with Crippen molar-refractivity contribution in [3.05, 3.63) is 27.9 Å². The van der Waals surface area contributed by atoms with E-state index in [0.29, 0.717) is 12.2 Å². The molecule has 0 unspecified atom stereocenters. The largest absolute Gasteiger partial charge is 0.358 e. The molecule has 0 fully saturated rings. The minimum atomic E-state index is -0.502. The van der Waals surface area contributed by atoms with Gasteiger partial charge in [-0.2, -0.15) is 0 Å². The van der Waals surface area contributed by atoms with Gasteiger partial charge in [-0.15, -0.1) is 0 Å². The van der Waals surface area contributed by atoms with E-state index in [1.807, 2.05) is 7.05 Å². The van der Waals surface area contributed by atoms with Gasteiger partial charge in [0, 0.05) is 19.7 Å². The van der Waals surface area contributed by atoms with Gasteiger partial charge in [0.25, 0.3) is 5.91 Å². The summed E-state index contributed by atoms with van der Waals surface area (Å²) >= 11 is 0. The average Bonchev–Trinajstić information content (AvgIpc) is 2.70. The van der Waals surface area contributed by atoms with Crippen molar-refractivity contribution in [2.45, 2.75) is 6.42 Å². The van der Waals surface area contributed by atoms with Crippen LogP contribution in [-0.2, 0) is 7.05 Å². The van der Waals surface area contributed by atoms with Crippen LogP contribution in [0.25, 0.3) is 0 Å². The highest BCUT2D eigenvalue weighted by Gasteiger charge is 2.22. The zero-order valence-electron chi connectivity index (χ0n) is 10.8. The van der Waals surface area contributed by atoms with Gasteiger partial charge in [-0.1, -0.05) is 0 Å². The highest BCUT2D eigenvalue weighted by Crippen LogP contribution is 2.16. The zero-order chi connectivity index (χ0) is 13.7. The van der Waals surface area contributed by atoms with Gasteiger partial charge in [0.1, 0.15) is 0 Å². The maximum absolute atomic E-state index is 12.1. The molecule has 0 aliphatic heterocycles. The van der Waals surface area contributed by atoms with Crippen molar-refractivity contribution in [3.8, 4) is 0 Å². The van der Waals surface area contributed by atoms with E-state index in [-0.39, 0.29) is 11.7 Å². The van der Waals surface area contributed by atoms with Crippen molar-refractivity contribution < 1.29 is 9.72 Å². The van der Waals surface area contributed by atoms with Gasteiger partial charge >= 0.3 is 5.82 Å². The van der Waals surface area contributed by atoms with Crippen molar-refractivity contribution in [2.24, 2.45) is 7.05 Å². The quantitative estimate of drug-likeness (QED) is 0.458.